The zero-order valence-corrected chi connectivity index (χ0v) is 15.1. The van der Waals surface area contributed by atoms with Crippen LogP contribution in [0.3, 0.4) is 0 Å². The first-order valence-corrected chi connectivity index (χ1v) is 9.40. The van der Waals surface area contributed by atoms with Gasteiger partial charge in [0.15, 0.2) is 0 Å². The van der Waals surface area contributed by atoms with Crippen molar-refractivity contribution >= 4 is 23.0 Å². The second-order valence-electron chi connectivity index (χ2n) is 6.53. The maximum Gasteiger partial charge on any atom is 0.270 e. The van der Waals surface area contributed by atoms with Gasteiger partial charge in [-0.05, 0) is 31.2 Å². The molecule has 0 atom stereocenters. The Kier molecular flexibility index (Phi) is 4.20. The molecule has 4 rings (SSSR count). The van der Waals surface area contributed by atoms with Crippen LogP contribution in [0, 0.1) is 0 Å². The second-order valence-corrected chi connectivity index (χ2v) is 7.70. The Morgan fingerprint density at radius 1 is 1.36 bits per heavy atom. The van der Waals surface area contributed by atoms with Gasteiger partial charge in [0.05, 0.1) is 16.4 Å². The highest BCUT2D eigenvalue weighted by atomic mass is 32.1. The number of aryl methyl sites for hydroxylation is 2. The Labute approximate surface area is 149 Å². The molecule has 1 aliphatic rings. The van der Waals surface area contributed by atoms with Crippen molar-refractivity contribution in [3.05, 3.63) is 39.4 Å². The van der Waals surface area contributed by atoms with Crippen LogP contribution in [0.4, 0.5) is 0 Å². The van der Waals surface area contributed by atoms with E-state index in [-0.39, 0.29) is 11.8 Å². The van der Waals surface area contributed by atoms with E-state index in [0.717, 1.165) is 30.0 Å². The summed E-state index contributed by atoms with van der Waals surface area (Å²) in [6, 6.07) is 1.79. The lowest BCUT2D eigenvalue weighted by atomic mass is 10.1. The summed E-state index contributed by atoms with van der Waals surface area (Å²) in [5.41, 5.74) is 2.56. The fraction of sp³-hybridized carbons (Fsp3) is 0.471. The van der Waals surface area contributed by atoms with Crippen LogP contribution < -0.4 is 5.32 Å². The number of nitrogens with zero attached hydrogens (tertiary/aromatic N) is 5. The number of aromatic nitrogens is 5. The molecule has 130 valence electrons. The molecule has 0 radical (unpaired) electrons. The summed E-state index contributed by atoms with van der Waals surface area (Å²) in [7, 11) is 0. The summed E-state index contributed by atoms with van der Waals surface area (Å²) in [4.78, 5) is 27.0. The summed E-state index contributed by atoms with van der Waals surface area (Å²) in [5, 5.41) is 8.22. The monoisotopic (exact) mass is 356 g/mol. The standard InChI is InChI=1S/C17H20N6OS/c1-10(2)13-8-12(22-17-19-9-20-23(13)17)16(24)18-7-6-15-21-11-4-3-5-14(11)25-15/h8-10H,3-7H2,1-2H3,(H,18,24). The van der Waals surface area contributed by atoms with Gasteiger partial charge in [-0.3, -0.25) is 4.79 Å². The maximum absolute atomic E-state index is 12.5. The molecule has 0 bridgehead atoms. The van der Waals surface area contributed by atoms with Crippen LogP contribution in [0.2, 0.25) is 0 Å². The summed E-state index contributed by atoms with van der Waals surface area (Å²) in [6.45, 7) is 4.67. The normalized spacial score (nSPS) is 13.6. The van der Waals surface area contributed by atoms with Crippen molar-refractivity contribution < 1.29 is 4.79 Å². The molecule has 7 nitrogen and oxygen atoms in total. The van der Waals surface area contributed by atoms with Crippen molar-refractivity contribution in [3.63, 3.8) is 0 Å². The van der Waals surface area contributed by atoms with Crippen molar-refractivity contribution in [1.29, 1.82) is 0 Å². The number of carbonyl (C=O) groups excluding carboxylic acids is 1. The first-order valence-electron chi connectivity index (χ1n) is 8.58. The zero-order chi connectivity index (χ0) is 17.4. The predicted molar refractivity (Wildman–Crippen MR) is 95.0 cm³/mol. The zero-order valence-electron chi connectivity index (χ0n) is 14.3. The minimum Gasteiger partial charge on any atom is -0.350 e. The predicted octanol–water partition coefficient (Wildman–Crippen LogP) is 2.17. The van der Waals surface area contributed by atoms with Crippen LogP contribution in [-0.4, -0.2) is 37.0 Å². The lowest BCUT2D eigenvalue weighted by molar-refractivity contribution is 0.0949. The number of fused-ring (bicyclic) bond motifs is 2. The van der Waals surface area contributed by atoms with E-state index >= 15 is 0 Å². The Morgan fingerprint density at radius 3 is 3.04 bits per heavy atom. The molecule has 0 unspecified atom stereocenters. The molecular weight excluding hydrogens is 336 g/mol. The molecule has 0 saturated carbocycles. The molecule has 3 aromatic heterocycles. The van der Waals surface area contributed by atoms with Crippen LogP contribution in [0.25, 0.3) is 5.78 Å². The van der Waals surface area contributed by atoms with Gasteiger partial charge in [-0.25, -0.2) is 14.5 Å². The van der Waals surface area contributed by atoms with Crippen molar-refractivity contribution in [2.75, 3.05) is 6.54 Å². The third-order valence-corrected chi connectivity index (χ3v) is 5.59. The molecule has 1 aliphatic carbocycles. The minimum absolute atomic E-state index is 0.184. The maximum atomic E-state index is 12.5. The molecule has 3 heterocycles. The van der Waals surface area contributed by atoms with E-state index in [0.29, 0.717) is 18.0 Å². The van der Waals surface area contributed by atoms with Crippen LogP contribution in [-0.2, 0) is 19.3 Å². The highest BCUT2D eigenvalue weighted by Gasteiger charge is 2.18. The second kappa shape index (κ2) is 6.51. The summed E-state index contributed by atoms with van der Waals surface area (Å²) in [6.07, 6.45) is 5.68. The largest absolute Gasteiger partial charge is 0.350 e. The average Bonchev–Trinajstić information content (AvgIpc) is 3.28. The van der Waals surface area contributed by atoms with E-state index < -0.39 is 0 Å². The van der Waals surface area contributed by atoms with Crippen molar-refractivity contribution in [1.82, 2.24) is 29.9 Å². The summed E-state index contributed by atoms with van der Waals surface area (Å²) >= 11 is 1.78. The fourth-order valence-corrected chi connectivity index (χ4v) is 4.24. The third kappa shape index (κ3) is 3.13. The number of amides is 1. The molecule has 1 N–H and O–H groups in total. The Bertz CT molecular complexity index is 907. The molecule has 8 heteroatoms. The van der Waals surface area contributed by atoms with Gasteiger partial charge in [0, 0.05) is 17.8 Å². The van der Waals surface area contributed by atoms with E-state index in [1.807, 2.05) is 0 Å². The van der Waals surface area contributed by atoms with Gasteiger partial charge in [0.1, 0.15) is 12.0 Å². The molecule has 3 aromatic rings. The quantitative estimate of drug-likeness (QED) is 0.757. The van der Waals surface area contributed by atoms with Gasteiger partial charge in [-0.15, -0.1) is 11.3 Å². The average molecular weight is 356 g/mol. The van der Waals surface area contributed by atoms with Crippen LogP contribution in [0.5, 0.6) is 0 Å². The summed E-state index contributed by atoms with van der Waals surface area (Å²) < 4.78 is 1.68. The molecule has 0 aromatic carbocycles. The van der Waals surface area contributed by atoms with Gasteiger partial charge in [-0.2, -0.15) is 10.1 Å². The number of carbonyl (C=O) groups is 1. The topological polar surface area (TPSA) is 85.1 Å². The van der Waals surface area contributed by atoms with Gasteiger partial charge >= 0.3 is 0 Å². The van der Waals surface area contributed by atoms with E-state index in [9.17, 15) is 4.79 Å². The van der Waals surface area contributed by atoms with Gasteiger partial charge in [0.25, 0.3) is 11.7 Å². The SMILES string of the molecule is CC(C)c1cc(C(=O)NCCc2nc3c(s2)CCC3)nc2ncnn12. The molecule has 0 aliphatic heterocycles. The highest BCUT2D eigenvalue weighted by molar-refractivity contribution is 7.11. The number of nitrogens with one attached hydrogen (secondary N) is 1. The van der Waals surface area contributed by atoms with Crippen LogP contribution in [0.15, 0.2) is 12.4 Å². The highest BCUT2D eigenvalue weighted by Crippen LogP contribution is 2.27. The Balaban J connectivity index is 1.44. The fourth-order valence-electron chi connectivity index (χ4n) is 3.09. The lowest BCUT2D eigenvalue weighted by Crippen LogP contribution is -2.27. The van der Waals surface area contributed by atoms with E-state index in [1.54, 1.807) is 21.9 Å². The van der Waals surface area contributed by atoms with Crippen molar-refractivity contribution in [2.24, 2.45) is 0 Å². The molecular formula is C17H20N6OS. The van der Waals surface area contributed by atoms with E-state index in [2.05, 4.69) is 39.2 Å². The Morgan fingerprint density at radius 2 is 2.24 bits per heavy atom. The third-order valence-electron chi connectivity index (χ3n) is 4.37. The van der Waals surface area contributed by atoms with Crippen LogP contribution in [0.1, 0.15) is 57.9 Å². The lowest BCUT2D eigenvalue weighted by Gasteiger charge is -2.10. The molecule has 0 spiro atoms. The summed E-state index contributed by atoms with van der Waals surface area (Å²) in [5.74, 6) is 0.487. The molecule has 25 heavy (non-hydrogen) atoms. The first-order chi connectivity index (χ1) is 12.1. The van der Waals surface area contributed by atoms with Crippen molar-refractivity contribution in [2.45, 2.75) is 45.4 Å². The van der Waals surface area contributed by atoms with Crippen molar-refractivity contribution in [3.8, 4) is 0 Å². The number of hydrogen-bond acceptors (Lipinski definition) is 6. The Hall–Kier alpha value is -2.35. The van der Waals surface area contributed by atoms with Gasteiger partial charge in [-0.1, -0.05) is 13.8 Å². The molecule has 0 saturated heterocycles. The number of thiazole rings is 1. The van der Waals surface area contributed by atoms with E-state index in [1.165, 1.54) is 23.3 Å². The van der Waals surface area contributed by atoms with Gasteiger partial charge < -0.3 is 5.32 Å². The molecule has 0 fully saturated rings. The van der Waals surface area contributed by atoms with Gasteiger partial charge in [0.2, 0.25) is 0 Å². The first kappa shape index (κ1) is 16.1. The number of rotatable bonds is 5. The number of hydrogen-bond donors (Lipinski definition) is 1. The molecule has 1 amide bonds. The minimum atomic E-state index is -0.184. The smallest absolute Gasteiger partial charge is 0.270 e. The van der Waals surface area contributed by atoms with Crippen LogP contribution >= 0.6 is 11.3 Å². The van der Waals surface area contributed by atoms with E-state index in [4.69, 9.17) is 0 Å².